The van der Waals surface area contributed by atoms with E-state index >= 15 is 0 Å². The van der Waals surface area contributed by atoms with Crippen molar-refractivity contribution in [3.8, 4) is 0 Å². The van der Waals surface area contributed by atoms with Gasteiger partial charge in [-0.15, -0.1) is 0 Å². The van der Waals surface area contributed by atoms with Crippen LogP contribution in [0.2, 0.25) is 0 Å². The van der Waals surface area contributed by atoms with E-state index < -0.39 is 0 Å². The molecule has 3 atom stereocenters. The Labute approximate surface area is 130 Å². The molecule has 0 amide bonds. The highest BCUT2D eigenvalue weighted by Gasteiger charge is 2.47. The predicted octanol–water partition coefficient (Wildman–Crippen LogP) is 3.18. The molecule has 0 bridgehead atoms. The van der Waals surface area contributed by atoms with Gasteiger partial charge in [0.05, 0.1) is 13.2 Å². The molecule has 1 heterocycles. The second kappa shape index (κ2) is 6.97. The van der Waals surface area contributed by atoms with Gasteiger partial charge >= 0.3 is 0 Å². The number of ether oxygens (including phenoxy) is 1. The third kappa shape index (κ3) is 3.16. The molecule has 2 N–H and O–H groups in total. The molecule has 21 heavy (non-hydrogen) atoms. The molecule has 1 saturated heterocycles. The van der Waals surface area contributed by atoms with Crippen molar-refractivity contribution in [3.05, 3.63) is 0 Å². The van der Waals surface area contributed by atoms with Crippen molar-refractivity contribution in [2.24, 2.45) is 17.6 Å². The van der Waals surface area contributed by atoms with Crippen molar-refractivity contribution in [2.75, 3.05) is 26.3 Å². The molecule has 1 aliphatic heterocycles. The number of nitrogens with two attached hydrogens (primary N) is 1. The van der Waals surface area contributed by atoms with Gasteiger partial charge < -0.3 is 10.5 Å². The highest BCUT2D eigenvalue weighted by Crippen LogP contribution is 2.44. The van der Waals surface area contributed by atoms with Gasteiger partial charge in [-0.3, -0.25) is 4.90 Å². The Balaban J connectivity index is 1.73. The number of nitrogens with zero attached hydrogens (tertiary/aromatic N) is 1. The number of morpholine rings is 1. The standard InChI is InChI=1S/C18H34N2O/c1-2-15-6-5-7-16(14-15)17(19)18(8-3-4-9-18)20-10-12-21-13-11-20/h15-17H,2-14,19H2,1H3. The van der Waals surface area contributed by atoms with Gasteiger partial charge in [0.25, 0.3) is 0 Å². The smallest absolute Gasteiger partial charge is 0.0594 e. The van der Waals surface area contributed by atoms with Crippen LogP contribution in [-0.2, 0) is 4.74 Å². The third-order valence-electron chi connectivity index (χ3n) is 6.64. The zero-order valence-corrected chi connectivity index (χ0v) is 13.9. The summed E-state index contributed by atoms with van der Waals surface area (Å²) in [6.07, 6.45) is 12.3. The lowest BCUT2D eigenvalue weighted by Crippen LogP contribution is -2.63. The van der Waals surface area contributed by atoms with E-state index in [-0.39, 0.29) is 0 Å². The van der Waals surface area contributed by atoms with Gasteiger partial charge in [0.1, 0.15) is 0 Å². The molecule has 122 valence electrons. The monoisotopic (exact) mass is 294 g/mol. The summed E-state index contributed by atoms with van der Waals surface area (Å²) in [6.45, 7) is 6.34. The van der Waals surface area contributed by atoms with Crippen molar-refractivity contribution < 1.29 is 4.74 Å². The van der Waals surface area contributed by atoms with Gasteiger partial charge in [-0.05, 0) is 37.5 Å². The normalized spacial score (nSPS) is 35.7. The molecule has 3 heteroatoms. The van der Waals surface area contributed by atoms with Crippen molar-refractivity contribution in [2.45, 2.75) is 76.3 Å². The third-order valence-corrected chi connectivity index (χ3v) is 6.64. The Morgan fingerprint density at radius 3 is 2.52 bits per heavy atom. The topological polar surface area (TPSA) is 38.5 Å². The molecule has 0 spiro atoms. The lowest BCUT2D eigenvalue weighted by atomic mass is 9.70. The van der Waals surface area contributed by atoms with Crippen LogP contribution in [0.5, 0.6) is 0 Å². The molecule has 2 aliphatic carbocycles. The first-order valence-electron chi connectivity index (χ1n) is 9.34. The molecule has 0 aromatic heterocycles. The van der Waals surface area contributed by atoms with Crippen molar-refractivity contribution in [1.82, 2.24) is 4.90 Å². The second-order valence-corrected chi connectivity index (χ2v) is 7.64. The van der Waals surface area contributed by atoms with Crippen LogP contribution in [0.3, 0.4) is 0 Å². The Hall–Kier alpha value is -0.120. The maximum absolute atomic E-state index is 6.95. The van der Waals surface area contributed by atoms with Gasteiger partial charge in [0.15, 0.2) is 0 Å². The van der Waals surface area contributed by atoms with E-state index in [0.717, 1.165) is 38.1 Å². The second-order valence-electron chi connectivity index (χ2n) is 7.64. The van der Waals surface area contributed by atoms with E-state index in [1.165, 1.54) is 57.8 Å². The maximum atomic E-state index is 6.95. The Morgan fingerprint density at radius 1 is 1.14 bits per heavy atom. The number of hydrogen-bond donors (Lipinski definition) is 1. The van der Waals surface area contributed by atoms with Crippen LogP contribution >= 0.6 is 0 Å². The first-order valence-corrected chi connectivity index (χ1v) is 9.34. The minimum absolute atomic E-state index is 0.296. The van der Waals surface area contributed by atoms with Crippen LogP contribution in [0.15, 0.2) is 0 Å². The number of hydrogen-bond acceptors (Lipinski definition) is 3. The first-order chi connectivity index (χ1) is 10.3. The molecular weight excluding hydrogens is 260 g/mol. The van der Waals surface area contributed by atoms with Crippen molar-refractivity contribution in [1.29, 1.82) is 0 Å². The predicted molar refractivity (Wildman–Crippen MR) is 87.3 cm³/mol. The summed E-state index contributed by atoms with van der Waals surface area (Å²) in [5.41, 5.74) is 7.25. The van der Waals surface area contributed by atoms with Gasteiger partial charge in [-0.1, -0.05) is 39.0 Å². The minimum atomic E-state index is 0.296. The van der Waals surface area contributed by atoms with E-state index in [2.05, 4.69) is 11.8 Å². The van der Waals surface area contributed by atoms with E-state index in [4.69, 9.17) is 10.5 Å². The fourth-order valence-electron chi connectivity index (χ4n) is 5.32. The Kier molecular flexibility index (Phi) is 5.23. The molecule has 2 saturated carbocycles. The van der Waals surface area contributed by atoms with Gasteiger partial charge in [-0.2, -0.15) is 0 Å². The summed E-state index contributed by atoms with van der Waals surface area (Å²) < 4.78 is 5.58. The molecular formula is C18H34N2O. The molecule has 3 unspecified atom stereocenters. The summed E-state index contributed by atoms with van der Waals surface area (Å²) in [4.78, 5) is 2.71. The summed E-state index contributed by atoms with van der Waals surface area (Å²) in [7, 11) is 0. The lowest BCUT2D eigenvalue weighted by Gasteiger charge is -2.50. The van der Waals surface area contributed by atoms with Crippen molar-refractivity contribution in [3.63, 3.8) is 0 Å². The van der Waals surface area contributed by atoms with E-state index in [9.17, 15) is 0 Å². The fourth-order valence-corrected chi connectivity index (χ4v) is 5.32. The zero-order valence-electron chi connectivity index (χ0n) is 13.9. The Morgan fingerprint density at radius 2 is 1.86 bits per heavy atom. The molecule has 3 nitrogen and oxygen atoms in total. The molecule has 0 radical (unpaired) electrons. The molecule has 3 aliphatic rings. The quantitative estimate of drug-likeness (QED) is 0.865. The lowest BCUT2D eigenvalue weighted by molar-refractivity contribution is -0.0422. The minimum Gasteiger partial charge on any atom is -0.379 e. The van der Waals surface area contributed by atoms with E-state index in [1.807, 2.05) is 0 Å². The Bertz CT molecular complexity index is 321. The molecule has 0 aromatic carbocycles. The van der Waals surface area contributed by atoms with E-state index in [0.29, 0.717) is 11.6 Å². The average Bonchev–Trinajstić information content (AvgIpc) is 3.06. The summed E-state index contributed by atoms with van der Waals surface area (Å²) in [6, 6.07) is 0.382. The average molecular weight is 294 g/mol. The highest BCUT2D eigenvalue weighted by atomic mass is 16.5. The van der Waals surface area contributed by atoms with Gasteiger partial charge in [0.2, 0.25) is 0 Å². The molecule has 3 rings (SSSR count). The summed E-state index contributed by atoms with van der Waals surface area (Å²) in [5, 5.41) is 0. The maximum Gasteiger partial charge on any atom is 0.0594 e. The fraction of sp³-hybridized carbons (Fsp3) is 1.00. The van der Waals surface area contributed by atoms with E-state index in [1.54, 1.807) is 0 Å². The van der Waals surface area contributed by atoms with Gasteiger partial charge in [-0.25, -0.2) is 0 Å². The zero-order chi connectivity index (χ0) is 14.7. The van der Waals surface area contributed by atoms with Gasteiger partial charge in [0, 0.05) is 24.7 Å². The van der Waals surface area contributed by atoms with Crippen LogP contribution in [0, 0.1) is 11.8 Å². The first kappa shape index (κ1) is 15.8. The molecule has 0 aromatic rings. The molecule has 3 fully saturated rings. The van der Waals surface area contributed by atoms with Crippen LogP contribution < -0.4 is 5.73 Å². The van der Waals surface area contributed by atoms with Crippen LogP contribution in [0.4, 0.5) is 0 Å². The SMILES string of the molecule is CCC1CCCC(C(N)C2(N3CCOCC3)CCCC2)C1. The van der Waals surface area contributed by atoms with Crippen molar-refractivity contribution >= 4 is 0 Å². The van der Waals surface area contributed by atoms with Crippen LogP contribution in [0.25, 0.3) is 0 Å². The number of rotatable bonds is 4. The summed E-state index contributed by atoms with van der Waals surface area (Å²) in [5.74, 6) is 1.68. The largest absolute Gasteiger partial charge is 0.379 e. The highest BCUT2D eigenvalue weighted by molar-refractivity contribution is 5.05. The summed E-state index contributed by atoms with van der Waals surface area (Å²) >= 11 is 0. The van der Waals surface area contributed by atoms with Crippen LogP contribution in [0.1, 0.15) is 64.7 Å². The van der Waals surface area contributed by atoms with Crippen LogP contribution in [-0.4, -0.2) is 42.8 Å².